The zero-order valence-corrected chi connectivity index (χ0v) is 24.0. The van der Waals surface area contributed by atoms with E-state index in [9.17, 15) is 4.79 Å². The number of nitrogens with zero attached hydrogens (tertiary/aromatic N) is 4. The van der Waals surface area contributed by atoms with Gasteiger partial charge in [0.05, 0.1) is 24.8 Å². The van der Waals surface area contributed by atoms with Crippen LogP contribution in [0.1, 0.15) is 31.9 Å². The summed E-state index contributed by atoms with van der Waals surface area (Å²) in [7, 11) is 4.00. The lowest BCUT2D eigenvalue weighted by Crippen LogP contribution is -2.21. The Morgan fingerprint density at radius 2 is 1.73 bits per heavy atom. The fourth-order valence-electron chi connectivity index (χ4n) is 4.13. The Hall–Kier alpha value is -5.05. The van der Waals surface area contributed by atoms with Crippen molar-refractivity contribution in [3.05, 3.63) is 123 Å². The SMILES string of the molecule is CCN(CC)c1ccc2cc(CO)c(=O)oc2c1.[C-]#[N+]/C(C#N)=C1/C=C(C)OC(/C=C/c2ccc(N(C)C)cc2)=C1. The number of allylic oxidation sites excluding steroid dienone is 6. The van der Waals surface area contributed by atoms with Gasteiger partial charge < -0.3 is 24.1 Å². The predicted octanol–water partition coefficient (Wildman–Crippen LogP) is 6.41. The molecule has 0 unspecified atom stereocenters. The minimum atomic E-state index is -0.471. The molecule has 0 bridgehead atoms. The first-order valence-corrected chi connectivity index (χ1v) is 13.2. The molecule has 210 valence electrons. The summed E-state index contributed by atoms with van der Waals surface area (Å²) in [5.41, 5.74) is 4.23. The maximum absolute atomic E-state index is 11.5. The van der Waals surface area contributed by atoms with Gasteiger partial charge >= 0.3 is 5.63 Å². The van der Waals surface area contributed by atoms with E-state index in [0.717, 1.165) is 35.4 Å². The van der Waals surface area contributed by atoms with Gasteiger partial charge in [0.15, 0.2) is 0 Å². The molecule has 0 atom stereocenters. The molecule has 3 aromatic rings. The Kier molecular flexibility index (Phi) is 10.7. The van der Waals surface area contributed by atoms with E-state index >= 15 is 0 Å². The molecule has 0 aliphatic carbocycles. The van der Waals surface area contributed by atoms with Gasteiger partial charge in [0.1, 0.15) is 17.1 Å². The Morgan fingerprint density at radius 1 is 1.05 bits per heavy atom. The fourth-order valence-corrected chi connectivity index (χ4v) is 4.13. The van der Waals surface area contributed by atoms with E-state index in [1.165, 1.54) is 0 Å². The minimum Gasteiger partial charge on any atom is -0.462 e. The van der Waals surface area contributed by atoms with Gasteiger partial charge in [0.2, 0.25) is 0 Å². The van der Waals surface area contributed by atoms with Gasteiger partial charge in [-0.05, 0) is 80.5 Å². The van der Waals surface area contributed by atoms with Crippen LogP contribution in [0.3, 0.4) is 0 Å². The summed E-state index contributed by atoms with van der Waals surface area (Å²) in [4.78, 5) is 19.0. The van der Waals surface area contributed by atoms with Crippen molar-refractivity contribution in [1.82, 2.24) is 0 Å². The monoisotopic (exact) mass is 550 g/mol. The van der Waals surface area contributed by atoms with E-state index in [2.05, 4.69) is 23.6 Å². The summed E-state index contributed by atoms with van der Waals surface area (Å²) in [5.74, 6) is 1.26. The van der Waals surface area contributed by atoms with Gasteiger partial charge in [-0.15, -0.1) is 0 Å². The Labute approximate surface area is 240 Å². The topological polar surface area (TPSA) is 94.3 Å². The van der Waals surface area contributed by atoms with Crippen molar-refractivity contribution in [2.24, 2.45) is 0 Å². The van der Waals surface area contributed by atoms with Crippen molar-refractivity contribution >= 4 is 28.4 Å². The maximum Gasteiger partial charge on any atom is 0.341 e. The summed E-state index contributed by atoms with van der Waals surface area (Å²) < 4.78 is 10.8. The van der Waals surface area contributed by atoms with Gasteiger partial charge in [0.25, 0.3) is 5.70 Å². The molecule has 8 heteroatoms. The first kappa shape index (κ1) is 30.5. The number of hydrogen-bond acceptors (Lipinski definition) is 7. The molecule has 1 aromatic heterocycles. The molecule has 0 saturated carbocycles. The number of ether oxygens (including phenoxy) is 1. The van der Waals surface area contributed by atoms with E-state index in [1.54, 1.807) is 25.1 Å². The minimum absolute atomic E-state index is 0.0638. The van der Waals surface area contributed by atoms with Crippen LogP contribution in [0.25, 0.3) is 21.9 Å². The second-order valence-electron chi connectivity index (χ2n) is 9.36. The van der Waals surface area contributed by atoms with Crippen LogP contribution in [0, 0.1) is 17.9 Å². The van der Waals surface area contributed by atoms with E-state index < -0.39 is 5.63 Å². The highest BCUT2D eigenvalue weighted by atomic mass is 16.5. The molecule has 0 amide bonds. The normalized spacial score (nSPS) is 13.7. The highest BCUT2D eigenvalue weighted by Crippen LogP contribution is 2.24. The summed E-state index contributed by atoms with van der Waals surface area (Å²) >= 11 is 0. The number of aliphatic hydroxyl groups is 1. The number of nitriles is 1. The van der Waals surface area contributed by atoms with Gasteiger partial charge in [-0.3, -0.25) is 0 Å². The van der Waals surface area contributed by atoms with Crippen LogP contribution in [-0.2, 0) is 11.3 Å². The van der Waals surface area contributed by atoms with Crippen molar-refractivity contribution < 1.29 is 14.3 Å². The predicted molar refractivity (Wildman–Crippen MR) is 164 cm³/mol. The lowest BCUT2D eigenvalue weighted by atomic mass is 10.1. The van der Waals surface area contributed by atoms with Crippen molar-refractivity contribution in [3.8, 4) is 6.07 Å². The van der Waals surface area contributed by atoms with E-state index in [0.29, 0.717) is 22.7 Å². The van der Waals surface area contributed by atoms with E-state index in [4.69, 9.17) is 26.1 Å². The highest BCUT2D eigenvalue weighted by Gasteiger charge is 2.11. The number of rotatable bonds is 7. The smallest absolute Gasteiger partial charge is 0.341 e. The van der Waals surface area contributed by atoms with Crippen LogP contribution >= 0.6 is 0 Å². The number of hydrogen-bond donors (Lipinski definition) is 1. The van der Waals surface area contributed by atoms with Crippen molar-refractivity contribution in [1.29, 1.82) is 5.26 Å². The lowest BCUT2D eigenvalue weighted by molar-refractivity contribution is 0.276. The van der Waals surface area contributed by atoms with Crippen LogP contribution in [0.4, 0.5) is 11.4 Å². The van der Waals surface area contributed by atoms with Gasteiger partial charge in [-0.2, -0.15) is 0 Å². The van der Waals surface area contributed by atoms with Crippen molar-refractivity contribution in [2.45, 2.75) is 27.4 Å². The highest BCUT2D eigenvalue weighted by molar-refractivity contribution is 5.81. The van der Waals surface area contributed by atoms with Gasteiger partial charge in [0, 0.05) is 50.0 Å². The third-order valence-corrected chi connectivity index (χ3v) is 6.37. The Morgan fingerprint density at radius 3 is 2.32 bits per heavy atom. The molecule has 41 heavy (non-hydrogen) atoms. The van der Waals surface area contributed by atoms with Crippen LogP contribution in [0.2, 0.25) is 0 Å². The number of aliphatic hydroxyl groups excluding tert-OH is 1. The van der Waals surface area contributed by atoms with Crippen molar-refractivity contribution in [3.63, 3.8) is 0 Å². The number of anilines is 2. The number of fused-ring (bicyclic) bond motifs is 1. The van der Waals surface area contributed by atoms with E-state index in [1.807, 2.05) is 79.7 Å². The zero-order valence-electron chi connectivity index (χ0n) is 24.0. The quantitative estimate of drug-likeness (QED) is 0.206. The Balaban J connectivity index is 0.000000232. The largest absolute Gasteiger partial charge is 0.462 e. The number of benzene rings is 2. The van der Waals surface area contributed by atoms with Crippen LogP contribution in [0.5, 0.6) is 0 Å². The van der Waals surface area contributed by atoms with E-state index in [-0.39, 0.29) is 17.9 Å². The summed E-state index contributed by atoms with van der Waals surface area (Å²) in [5, 5.41) is 18.8. The maximum atomic E-state index is 11.5. The first-order valence-electron chi connectivity index (χ1n) is 13.2. The molecule has 0 saturated heterocycles. The molecule has 8 nitrogen and oxygen atoms in total. The summed E-state index contributed by atoms with van der Waals surface area (Å²) in [6, 6.07) is 17.5. The summed E-state index contributed by atoms with van der Waals surface area (Å²) in [6.07, 6.45) is 7.17. The van der Waals surface area contributed by atoms with Crippen LogP contribution < -0.4 is 15.4 Å². The average Bonchev–Trinajstić information content (AvgIpc) is 2.97. The van der Waals surface area contributed by atoms with Crippen molar-refractivity contribution in [2.75, 3.05) is 37.0 Å². The lowest BCUT2D eigenvalue weighted by Gasteiger charge is -2.20. The Bertz CT molecular complexity index is 1630. The second kappa shape index (κ2) is 14.4. The molecule has 1 aliphatic rings. The van der Waals surface area contributed by atoms with Crippen LogP contribution in [0.15, 0.2) is 98.8 Å². The molecule has 0 spiro atoms. The fraction of sp³-hybridized carbons (Fsp3) is 0.242. The third-order valence-electron chi connectivity index (χ3n) is 6.37. The summed E-state index contributed by atoms with van der Waals surface area (Å²) in [6.45, 7) is 14.5. The molecule has 4 rings (SSSR count). The second-order valence-corrected chi connectivity index (χ2v) is 9.36. The third kappa shape index (κ3) is 7.98. The molecule has 0 fully saturated rings. The van der Waals surface area contributed by atoms with Gasteiger partial charge in [-0.25, -0.2) is 14.9 Å². The van der Waals surface area contributed by atoms with Crippen LogP contribution in [-0.4, -0.2) is 32.3 Å². The molecule has 1 N–H and O–H groups in total. The van der Waals surface area contributed by atoms with Gasteiger partial charge in [-0.1, -0.05) is 18.2 Å². The average molecular weight is 551 g/mol. The molecular weight excluding hydrogens is 516 g/mol. The standard InChI is InChI=1S/C19H17N3O.C14H17NO3/c1-14-11-16(19(13-20)21-2)12-18(23-14)10-7-15-5-8-17(9-6-15)22(3)4;1-3-15(4-2)12-6-5-10-7-11(9-16)14(17)18-13(10)8-12/h5-12H,1,3-4H3;5-8,16H,3-4,9H2,1-2H3/b10-7+,19-16-;. The molecular formula is C33H34N4O4. The first-order chi connectivity index (χ1) is 19.7. The zero-order chi connectivity index (χ0) is 29.9. The molecule has 2 aromatic carbocycles. The molecule has 0 radical (unpaired) electrons. The molecule has 2 heterocycles. The molecule has 1 aliphatic heterocycles.